The molecule has 2 atom stereocenters. The number of anilines is 1. The van der Waals surface area contributed by atoms with Gasteiger partial charge in [0.05, 0.1) is 5.69 Å². The van der Waals surface area contributed by atoms with Gasteiger partial charge < -0.3 is 10.6 Å². The van der Waals surface area contributed by atoms with E-state index in [2.05, 4.69) is 22.2 Å². The van der Waals surface area contributed by atoms with Crippen molar-refractivity contribution in [3.63, 3.8) is 0 Å². The van der Waals surface area contributed by atoms with Gasteiger partial charge in [0.25, 0.3) is 0 Å². The lowest BCUT2D eigenvalue weighted by atomic mass is 9.95. The van der Waals surface area contributed by atoms with Crippen LogP contribution in [-0.4, -0.2) is 24.1 Å². The Kier molecular flexibility index (Phi) is 2.74. The summed E-state index contributed by atoms with van der Waals surface area (Å²) in [7, 11) is 0. The third-order valence-electron chi connectivity index (χ3n) is 2.89. The van der Waals surface area contributed by atoms with E-state index < -0.39 is 0 Å². The molecule has 0 amide bonds. The molecule has 2 rings (SSSR count). The molecule has 14 heavy (non-hydrogen) atoms. The topological polar surface area (TPSA) is 42.1 Å². The average molecular weight is 211 g/mol. The van der Waals surface area contributed by atoms with Crippen molar-refractivity contribution in [2.24, 2.45) is 11.7 Å². The third kappa shape index (κ3) is 1.91. The Morgan fingerprint density at radius 3 is 3.00 bits per heavy atom. The Hall–Kier alpha value is -0.610. The fourth-order valence-corrected chi connectivity index (χ4v) is 2.60. The lowest BCUT2D eigenvalue weighted by molar-refractivity contribution is 0.379. The SMILES string of the molecule is Cc1csc(N2CCC(C)C(N)C2)n1. The van der Waals surface area contributed by atoms with E-state index in [0.29, 0.717) is 12.0 Å². The molecule has 0 bridgehead atoms. The summed E-state index contributed by atoms with van der Waals surface area (Å²) in [5.74, 6) is 0.646. The molecule has 0 spiro atoms. The Labute approximate surface area is 88.9 Å². The summed E-state index contributed by atoms with van der Waals surface area (Å²) in [6.07, 6.45) is 1.18. The number of aryl methyl sites for hydroxylation is 1. The van der Waals surface area contributed by atoms with Crippen molar-refractivity contribution in [2.75, 3.05) is 18.0 Å². The van der Waals surface area contributed by atoms with Crippen LogP contribution in [0.5, 0.6) is 0 Å². The number of nitrogens with two attached hydrogens (primary N) is 1. The van der Waals surface area contributed by atoms with Crippen LogP contribution in [0.15, 0.2) is 5.38 Å². The second-order valence-electron chi connectivity index (χ2n) is 4.15. The molecular formula is C10H17N3S. The van der Waals surface area contributed by atoms with Crippen molar-refractivity contribution in [2.45, 2.75) is 26.3 Å². The van der Waals surface area contributed by atoms with E-state index in [4.69, 9.17) is 5.73 Å². The number of nitrogens with zero attached hydrogens (tertiary/aromatic N) is 2. The van der Waals surface area contributed by atoms with Crippen LogP contribution in [0.25, 0.3) is 0 Å². The molecule has 2 heterocycles. The molecule has 1 saturated heterocycles. The van der Waals surface area contributed by atoms with Crippen LogP contribution in [0.4, 0.5) is 5.13 Å². The normalized spacial score (nSPS) is 28.1. The van der Waals surface area contributed by atoms with E-state index >= 15 is 0 Å². The van der Waals surface area contributed by atoms with Crippen molar-refractivity contribution in [1.82, 2.24) is 4.98 Å². The van der Waals surface area contributed by atoms with Crippen molar-refractivity contribution in [1.29, 1.82) is 0 Å². The fraction of sp³-hybridized carbons (Fsp3) is 0.700. The van der Waals surface area contributed by atoms with Crippen molar-refractivity contribution >= 4 is 16.5 Å². The second-order valence-corrected chi connectivity index (χ2v) is 4.98. The second kappa shape index (κ2) is 3.87. The Bertz CT molecular complexity index is 310. The summed E-state index contributed by atoms with van der Waals surface area (Å²) >= 11 is 1.72. The zero-order valence-electron chi connectivity index (χ0n) is 8.73. The quantitative estimate of drug-likeness (QED) is 0.767. The largest absolute Gasteiger partial charge is 0.347 e. The zero-order chi connectivity index (χ0) is 10.1. The summed E-state index contributed by atoms with van der Waals surface area (Å²) < 4.78 is 0. The van der Waals surface area contributed by atoms with Crippen LogP contribution in [0, 0.1) is 12.8 Å². The lowest BCUT2D eigenvalue weighted by Gasteiger charge is -2.34. The molecule has 0 aliphatic carbocycles. The van der Waals surface area contributed by atoms with Crippen LogP contribution in [0.1, 0.15) is 19.0 Å². The van der Waals surface area contributed by atoms with E-state index in [1.165, 1.54) is 6.42 Å². The van der Waals surface area contributed by atoms with Crippen molar-refractivity contribution < 1.29 is 0 Å². The van der Waals surface area contributed by atoms with Gasteiger partial charge in [0, 0.05) is 24.5 Å². The third-order valence-corrected chi connectivity index (χ3v) is 3.91. The van der Waals surface area contributed by atoms with Crippen LogP contribution in [-0.2, 0) is 0 Å². The van der Waals surface area contributed by atoms with Gasteiger partial charge in [-0.25, -0.2) is 4.98 Å². The number of hydrogen-bond acceptors (Lipinski definition) is 4. The summed E-state index contributed by atoms with van der Waals surface area (Å²) in [5, 5.41) is 3.23. The average Bonchev–Trinajstić information content (AvgIpc) is 2.57. The minimum atomic E-state index is 0.299. The monoisotopic (exact) mass is 211 g/mol. The maximum Gasteiger partial charge on any atom is 0.185 e. The molecule has 0 aromatic carbocycles. The first kappa shape index (κ1) is 9.93. The van der Waals surface area contributed by atoms with Gasteiger partial charge in [-0.3, -0.25) is 0 Å². The Morgan fingerprint density at radius 2 is 2.43 bits per heavy atom. The molecule has 4 heteroatoms. The zero-order valence-corrected chi connectivity index (χ0v) is 9.55. The molecule has 2 unspecified atom stereocenters. The van der Waals surface area contributed by atoms with Crippen LogP contribution in [0.3, 0.4) is 0 Å². The molecule has 3 nitrogen and oxygen atoms in total. The highest BCUT2D eigenvalue weighted by Gasteiger charge is 2.24. The lowest BCUT2D eigenvalue weighted by Crippen LogP contribution is -2.47. The highest BCUT2D eigenvalue weighted by atomic mass is 32.1. The fourth-order valence-electron chi connectivity index (χ4n) is 1.76. The number of thiazole rings is 1. The summed E-state index contributed by atoms with van der Waals surface area (Å²) in [6.45, 7) is 6.32. The van der Waals surface area contributed by atoms with Gasteiger partial charge in [-0.1, -0.05) is 6.92 Å². The molecule has 1 aliphatic rings. The molecule has 1 fully saturated rings. The van der Waals surface area contributed by atoms with Gasteiger partial charge in [0.1, 0.15) is 0 Å². The van der Waals surface area contributed by atoms with E-state index in [9.17, 15) is 0 Å². The highest BCUT2D eigenvalue weighted by Crippen LogP contribution is 2.25. The van der Waals surface area contributed by atoms with Crippen LogP contribution in [0.2, 0.25) is 0 Å². The predicted molar refractivity (Wildman–Crippen MR) is 60.8 cm³/mol. The molecule has 0 radical (unpaired) electrons. The smallest absolute Gasteiger partial charge is 0.185 e. The van der Waals surface area contributed by atoms with Crippen molar-refractivity contribution in [3.8, 4) is 0 Å². The molecule has 1 aromatic rings. The van der Waals surface area contributed by atoms with E-state index in [1.54, 1.807) is 11.3 Å². The van der Waals surface area contributed by atoms with Gasteiger partial charge in [0.15, 0.2) is 5.13 Å². The van der Waals surface area contributed by atoms with Crippen LogP contribution >= 0.6 is 11.3 Å². The van der Waals surface area contributed by atoms with Gasteiger partial charge in [0.2, 0.25) is 0 Å². The molecule has 0 saturated carbocycles. The number of piperidine rings is 1. The minimum Gasteiger partial charge on any atom is -0.347 e. The number of hydrogen-bond donors (Lipinski definition) is 1. The van der Waals surface area contributed by atoms with Gasteiger partial charge in [-0.2, -0.15) is 0 Å². The van der Waals surface area contributed by atoms with Crippen molar-refractivity contribution in [3.05, 3.63) is 11.1 Å². The van der Waals surface area contributed by atoms with Gasteiger partial charge >= 0.3 is 0 Å². The molecule has 1 aromatic heterocycles. The van der Waals surface area contributed by atoms with E-state index in [-0.39, 0.29) is 0 Å². The molecule has 2 N–H and O–H groups in total. The van der Waals surface area contributed by atoms with E-state index in [0.717, 1.165) is 23.9 Å². The Balaban J connectivity index is 2.06. The maximum atomic E-state index is 6.05. The Morgan fingerprint density at radius 1 is 1.64 bits per heavy atom. The molecular weight excluding hydrogens is 194 g/mol. The van der Waals surface area contributed by atoms with Crippen LogP contribution < -0.4 is 10.6 Å². The first-order valence-electron chi connectivity index (χ1n) is 5.09. The summed E-state index contributed by atoms with van der Waals surface area (Å²) in [6, 6.07) is 0.299. The molecule has 1 aliphatic heterocycles. The van der Waals surface area contributed by atoms with Gasteiger partial charge in [-0.05, 0) is 19.3 Å². The standard InChI is InChI=1S/C10H17N3S/c1-7-3-4-13(5-9(7)11)10-12-8(2)6-14-10/h6-7,9H,3-5,11H2,1-2H3. The first-order valence-corrected chi connectivity index (χ1v) is 5.97. The number of aromatic nitrogens is 1. The highest BCUT2D eigenvalue weighted by molar-refractivity contribution is 7.13. The van der Waals surface area contributed by atoms with Gasteiger partial charge in [-0.15, -0.1) is 11.3 Å². The summed E-state index contributed by atoms with van der Waals surface area (Å²) in [5.41, 5.74) is 7.16. The molecule has 78 valence electrons. The first-order chi connectivity index (χ1) is 6.66. The minimum absolute atomic E-state index is 0.299. The maximum absolute atomic E-state index is 6.05. The predicted octanol–water partition coefficient (Wildman–Crippen LogP) is 1.63. The van der Waals surface area contributed by atoms with E-state index in [1.807, 2.05) is 6.92 Å². The number of rotatable bonds is 1. The summed E-state index contributed by atoms with van der Waals surface area (Å²) in [4.78, 5) is 6.79.